The molecule has 0 spiro atoms. The number of aromatic nitrogens is 3. The van der Waals surface area contributed by atoms with Crippen LogP contribution in [0.2, 0.25) is 0 Å². The Morgan fingerprint density at radius 2 is 1.62 bits per heavy atom. The van der Waals surface area contributed by atoms with E-state index in [1.54, 1.807) is 24.3 Å². The van der Waals surface area contributed by atoms with E-state index in [4.69, 9.17) is 5.73 Å². The van der Waals surface area contributed by atoms with Gasteiger partial charge in [-0.15, -0.1) is 0 Å². The molecule has 3 rings (SSSR count). The van der Waals surface area contributed by atoms with Gasteiger partial charge in [0.25, 0.3) is 0 Å². The van der Waals surface area contributed by atoms with Crippen molar-refractivity contribution in [3.05, 3.63) is 65.5 Å². The van der Waals surface area contributed by atoms with E-state index < -0.39 is 9.84 Å². The topological polar surface area (TPSA) is 102 Å². The van der Waals surface area contributed by atoms with E-state index in [2.05, 4.69) is 15.2 Å². The number of H-pyrrole nitrogens is 1. The van der Waals surface area contributed by atoms with Gasteiger partial charge in [0.1, 0.15) is 5.82 Å². The van der Waals surface area contributed by atoms with Crippen molar-refractivity contribution in [2.24, 2.45) is 5.73 Å². The zero-order valence-electron chi connectivity index (χ0n) is 13.2. The first kappa shape index (κ1) is 16.4. The van der Waals surface area contributed by atoms with Crippen LogP contribution in [0.1, 0.15) is 17.0 Å². The van der Waals surface area contributed by atoms with E-state index in [0.717, 1.165) is 22.5 Å². The molecule has 0 bridgehead atoms. The van der Waals surface area contributed by atoms with Gasteiger partial charge in [-0.1, -0.05) is 36.4 Å². The molecule has 24 heavy (non-hydrogen) atoms. The molecule has 0 saturated heterocycles. The number of rotatable bonds is 5. The standard InChI is InChI=1S/C17H18N4O2S/c1-24(22,23)15-8-4-12(5-9-15)10-16-19-17(21-20-16)14-6-2-13(11-18)3-7-14/h2-9H,10-11,18H2,1H3,(H,19,20,21). The minimum atomic E-state index is -3.17. The van der Waals surface area contributed by atoms with Gasteiger partial charge >= 0.3 is 0 Å². The van der Waals surface area contributed by atoms with Crippen LogP contribution in [0.15, 0.2) is 53.4 Å². The number of aromatic amines is 1. The van der Waals surface area contributed by atoms with Crippen LogP contribution in [0.25, 0.3) is 11.4 Å². The summed E-state index contributed by atoms with van der Waals surface area (Å²) in [5.74, 6) is 1.35. The third kappa shape index (κ3) is 3.69. The predicted molar refractivity (Wildman–Crippen MR) is 92.1 cm³/mol. The van der Waals surface area contributed by atoms with Gasteiger partial charge in [-0.25, -0.2) is 13.4 Å². The fourth-order valence-electron chi connectivity index (χ4n) is 2.34. The fraction of sp³-hybridized carbons (Fsp3) is 0.176. The summed E-state index contributed by atoms with van der Waals surface area (Å²) < 4.78 is 22.9. The molecule has 6 nitrogen and oxygen atoms in total. The highest BCUT2D eigenvalue weighted by atomic mass is 32.2. The van der Waals surface area contributed by atoms with Crippen LogP contribution in [0.5, 0.6) is 0 Å². The highest BCUT2D eigenvalue weighted by Gasteiger charge is 2.09. The molecule has 3 aromatic rings. The SMILES string of the molecule is CS(=O)(=O)c1ccc(Cc2nc(-c3ccc(CN)cc3)n[nH]2)cc1. The van der Waals surface area contributed by atoms with Crippen molar-refractivity contribution in [2.45, 2.75) is 17.9 Å². The van der Waals surface area contributed by atoms with Gasteiger partial charge in [0.05, 0.1) is 4.90 Å². The second kappa shape index (κ2) is 6.54. The molecule has 0 radical (unpaired) electrons. The van der Waals surface area contributed by atoms with Crippen molar-refractivity contribution in [1.29, 1.82) is 0 Å². The summed E-state index contributed by atoms with van der Waals surface area (Å²) in [4.78, 5) is 4.80. The maximum Gasteiger partial charge on any atom is 0.181 e. The maximum absolute atomic E-state index is 11.5. The summed E-state index contributed by atoms with van der Waals surface area (Å²) in [6.45, 7) is 0.503. The van der Waals surface area contributed by atoms with Gasteiger partial charge in [0.2, 0.25) is 0 Å². The zero-order chi connectivity index (χ0) is 17.2. The Kier molecular flexibility index (Phi) is 4.46. The third-order valence-corrected chi connectivity index (χ3v) is 4.83. The lowest BCUT2D eigenvalue weighted by atomic mass is 10.1. The number of hydrogen-bond donors (Lipinski definition) is 2. The van der Waals surface area contributed by atoms with E-state index in [9.17, 15) is 8.42 Å². The summed E-state index contributed by atoms with van der Waals surface area (Å²) in [6.07, 6.45) is 1.75. The molecule has 0 amide bonds. The number of nitrogens with two attached hydrogens (primary N) is 1. The molecule has 0 aliphatic heterocycles. The number of sulfone groups is 1. The molecule has 2 aromatic carbocycles. The lowest BCUT2D eigenvalue weighted by Crippen LogP contribution is -1.97. The van der Waals surface area contributed by atoms with Crippen molar-refractivity contribution in [3.8, 4) is 11.4 Å². The van der Waals surface area contributed by atoms with E-state index in [1.807, 2.05) is 24.3 Å². The monoisotopic (exact) mass is 342 g/mol. The molecule has 3 N–H and O–H groups in total. The zero-order valence-corrected chi connectivity index (χ0v) is 14.0. The Morgan fingerprint density at radius 3 is 2.21 bits per heavy atom. The van der Waals surface area contributed by atoms with Crippen LogP contribution in [-0.2, 0) is 22.8 Å². The summed E-state index contributed by atoms with van der Waals surface area (Å²) in [5.41, 5.74) is 8.53. The van der Waals surface area contributed by atoms with Crippen LogP contribution < -0.4 is 5.73 Å². The third-order valence-electron chi connectivity index (χ3n) is 3.70. The van der Waals surface area contributed by atoms with Crippen molar-refractivity contribution in [2.75, 3.05) is 6.26 Å². The molecule has 0 fully saturated rings. The van der Waals surface area contributed by atoms with Gasteiger partial charge in [0, 0.05) is 24.8 Å². The number of benzene rings is 2. The van der Waals surface area contributed by atoms with E-state index in [0.29, 0.717) is 23.7 Å². The molecule has 0 aliphatic carbocycles. The maximum atomic E-state index is 11.5. The smallest absolute Gasteiger partial charge is 0.181 e. The molecule has 1 heterocycles. The normalized spacial score (nSPS) is 11.6. The van der Waals surface area contributed by atoms with Crippen molar-refractivity contribution >= 4 is 9.84 Å². The van der Waals surface area contributed by atoms with Gasteiger partial charge in [-0.3, -0.25) is 5.10 Å². The quantitative estimate of drug-likeness (QED) is 0.737. The summed E-state index contributed by atoms with van der Waals surface area (Å²) in [5, 5.41) is 7.15. The Balaban J connectivity index is 1.76. The second-order valence-corrected chi connectivity index (χ2v) is 7.62. The predicted octanol–water partition coefficient (Wildman–Crippen LogP) is 1.92. The van der Waals surface area contributed by atoms with Crippen LogP contribution in [0.3, 0.4) is 0 Å². The Bertz CT molecular complexity index is 929. The highest BCUT2D eigenvalue weighted by Crippen LogP contribution is 2.17. The lowest BCUT2D eigenvalue weighted by molar-refractivity contribution is 0.602. The van der Waals surface area contributed by atoms with E-state index >= 15 is 0 Å². The van der Waals surface area contributed by atoms with Crippen molar-refractivity contribution in [1.82, 2.24) is 15.2 Å². The second-order valence-electron chi connectivity index (χ2n) is 5.60. The summed E-state index contributed by atoms with van der Waals surface area (Å²) in [6, 6.07) is 14.6. The van der Waals surface area contributed by atoms with E-state index in [1.165, 1.54) is 6.26 Å². The summed E-state index contributed by atoms with van der Waals surface area (Å²) >= 11 is 0. The Labute approximate surface area is 140 Å². The van der Waals surface area contributed by atoms with Crippen molar-refractivity contribution < 1.29 is 8.42 Å². The molecule has 0 unspecified atom stereocenters. The first-order chi connectivity index (χ1) is 11.5. The van der Waals surface area contributed by atoms with Crippen LogP contribution in [0, 0.1) is 0 Å². The van der Waals surface area contributed by atoms with Gasteiger partial charge in [0.15, 0.2) is 15.7 Å². The number of hydrogen-bond acceptors (Lipinski definition) is 5. The molecule has 1 aromatic heterocycles. The number of nitrogens with one attached hydrogen (secondary N) is 1. The first-order valence-corrected chi connectivity index (χ1v) is 9.34. The molecule has 7 heteroatoms. The van der Waals surface area contributed by atoms with Crippen molar-refractivity contribution in [3.63, 3.8) is 0 Å². The molecule has 124 valence electrons. The Morgan fingerprint density at radius 1 is 1.00 bits per heavy atom. The van der Waals surface area contributed by atoms with Crippen LogP contribution in [-0.4, -0.2) is 29.9 Å². The fourth-order valence-corrected chi connectivity index (χ4v) is 2.97. The molecule has 0 aliphatic rings. The minimum Gasteiger partial charge on any atom is -0.326 e. The number of nitrogens with zero attached hydrogens (tertiary/aromatic N) is 2. The highest BCUT2D eigenvalue weighted by molar-refractivity contribution is 7.90. The largest absolute Gasteiger partial charge is 0.326 e. The molecular formula is C17H18N4O2S. The molecule has 0 atom stereocenters. The Hall–Kier alpha value is -2.51. The summed E-state index contributed by atoms with van der Waals surface area (Å²) in [7, 11) is -3.17. The average Bonchev–Trinajstić information content (AvgIpc) is 3.03. The average molecular weight is 342 g/mol. The van der Waals surface area contributed by atoms with Gasteiger partial charge in [-0.2, -0.15) is 5.10 Å². The van der Waals surface area contributed by atoms with Gasteiger partial charge in [-0.05, 0) is 23.3 Å². The van der Waals surface area contributed by atoms with Gasteiger partial charge < -0.3 is 5.73 Å². The first-order valence-electron chi connectivity index (χ1n) is 7.45. The van der Waals surface area contributed by atoms with Crippen LogP contribution >= 0.6 is 0 Å². The lowest BCUT2D eigenvalue weighted by Gasteiger charge is -2.01. The molecule has 0 saturated carbocycles. The van der Waals surface area contributed by atoms with Crippen LogP contribution in [0.4, 0.5) is 0 Å². The minimum absolute atomic E-state index is 0.310. The molecular weight excluding hydrogens is 324 g/mol. The van der Waals surface area contributed by atoms with E-state index in [-0.39, 0.29) is 0 Å².